The molecule has 0 radical (unpaired) electrons. The molecule has 0 aromatic heterocycles. The van der Waals surface area contributed by atoms with Crippen LogP contribution in [0.25, 0.3) is 10.8 Å². The van der Waals surface area contributed by atoms with Crippen molar-refractivity contribution in [3.63, 3.8) is 0 Å². The first-order valence-electron chi connectivity index (χ1n) is 7.16. The normalized spacial score (nSPS) is 14.4. The van der Waals surface area contributed by atoms with E-state index < -0.39 is 0 Å². The van der Waals surface area contributed by atoms with Crippen molar-refractivity contribution in [3.05, 3.63) is 48.0 Å². The molecule has 2 aromatic carbocycles. The largest absolute Gasteiger partial charge is 0.395 e. The minimum Gasteiger partial charge on any atom is -0.395 e. The zero-order valence-electron chi connectivity index (χ0n) is 11.5. The predicted octanol–water partition coefficient (Wildman–Crippen LogP) is 2.37. The monoisotopic (exact) mass is 269 g/mol. The molecule has 1 fully saturated rings. The van der Waals surface area contributed by atoms with Crippen molar-refractivity contribution in [2.75, 3.05) is 13.2 Å². The van der Waals surface area contributed by atoms with Crippen molar-refractivity contribution in [1.29, 1.82) is 0 Å². The molecule has 3 nitrogen and oxygen atoms in total. The van der Waals surface area contributed by atoms with Gasteiger partial charge in [-0.25, -0.2) is 0 Å². The van der Waals surface area contributed by atoms with Crippen LogP contribution in [0.4, 0.5) is 0 Å². The Bertz CT molecular complexity index is 619. The number of aliphatic hydroxyl groups excluding tert-OH is 1. The van der Waals surface area contributed by atoms with Crippen LogP contribution in [0.2, 0.25) is 0 Å². The van der Waals surface area contributed by atoms with E-state index in [9.17, 15) is 4.79 Å². The fourth-order valence-electron chi connectivity index (χ4n) is 2.63. The maximum atomic E-state index is 12.3. The van der Waals surface area contributed by atoms with E-state index in [1.165, 1.54) is 5.39 Å². The fraction of sp³-hybridized carbons (Fsp3) is 0.353. The molecule has 0 unspecified atom stereocenters. The van der Waals surface area contributed by atoms with E-state index in [-0.39, 0.29) is 12.5 Å². The molecule has 0 atom stereocenters. The molecule has 1 N–H and O–H groups in total. The summed E-state index contributed by atoms with van der Waals surface area (Å²) in [5.74, 6) is 0.122. The van der Waals surface area contributed by atoms with Gasteiger partial charge in [-0.15, -0.1) is 0 Å². The Morgan fingerprint density at radius 2 is 1.90 bits per heavy atom. The summed E-state index contributed by atoms with van der Waals surface area (Å²) in [5.41, 5.74) is 1.04. The van der Waals surface area contributed by atoms with Crippen molar-refractivity contribution in [1.82, 2.24) is 4.90 Å². The van der Waals surface area contributed by atoms with Gasteiger partial charge >= 0.3 is 0 Å². The van der Waals surface area contributed by atoms with E-state index in [0.717, 1.165) is 23.8 Å². The summed E-state index contributed by atoms with van der Waals surface area (Å²) in [6.45, 7) is 0.497. The fourth-order valence-corrected chi connectivity index (χ4v) is 2.63. The Morgan fingerprint density at radius 1 is 1.15 bits per heavy atom. The third kappa shape index (κ3) is 2.83. The van der Waals surface area contributed by atoms with Crippen LogP contribution in [0.15, 0.2) is 42.5 Å². The number of carbonyl (C=O) groups is 1. The van der Waals surface area contributed by atoms with Gasteiger partial charge in [0, 0.05) is 12.6 Å². The lowest BCUT2D eigenvalue weighted by molar-refractivity contribution is -0.131. The number of aliphatic hydroxyl groups is 1. The van der Waals surface area contributed by atoms with E-state index >= 15 is 0 Å². The van der Waals surface area contributed by atoms with Crippen molar-refractivity contribution < 1.29 is 9.90 Å². The van der Waals surface area contributed by atoms with E-state index in [1.54, 1.807) is 0 Å². The molecule has 104 valence electrons. The molecule has 20 heavy (non-hydrogen) atoms. The highest BCUT2D eigenvalue weighted by Crippen LogP contribution is 2.27. The van der Waals surface area contributed by atoms with E-state index in [0.29, 0.717) is 19.0 Å². The molecule has 2 aromatic rings. The van der Waals surface area contributed by atoms with Gasteiger partial charge in [-0.05, 0) is 29.2 Å². The molecule has 0 saturated heterocycles. The number of benzene rings is 2. The van der Waals surface area contributed by atoms with Gasteiger partial charge in [0.2, 0.25) is 5.91 Å². The van der Waals surface area contributed by atoms with Crippen molar-refractivity contribution in [3.8, 4) is 0 Å². The summed E-state index contributed by atoms with van der Waals surface area (Å²) >= 11 is 0. The third-order valence-corrected chi connectivity index (χ3v) is 3.82. The Hall–Kier alpha value is -1.87. The maximum Gasteiger partial charge on any atom is 0.227 e. The van der Waals surface area contributed by atoms with E-state index in [1.807, 2.05) is 23.1 Å². The Labute approximate surface area is 118 Å². The minimum absolute atomic E-state index is 0.0416. The standard InChI is InChI=1S/C17H19NO2/c19-10-9-18(16-7-8-16)17(20)12-13-5-6-14-3-1-2-4-15(14)11-13/h1-6,11,16,19H,7-10,12H2. The van der Waals surface area contributed by atoms with Gasteiger partial charge in [0.15, 0.2) is 0 Å². The molecule has 1 aliphatic carbocycles. The molecule has 1 aliphatic rings. The number of hydrogen-bond donors (Lipinski definition) is 1. The van der Waals surface area contributed by atoms with Crippen LogP contribution in [-0.2, 0) is 11.2 Å². The Kier molecular flexibility index (Phi) is 3.70. The number of carbonyl (C=O) groups excluding carboxylic acids is 1. The minimum atomic E-state index is 0.0416. The number of nitrogens with zero attached hydrogens (tertiary/aromatic N) is 1. The van der Waals surface area contributed by atoms with Gasteiger partial charge in [0.25, 0.3) is 0 Å². The molecule has 1 amide bonds. The van der Waals surface area contributed by atoms with Gasteiger partial charge in [-0.1, -0.05) is 42.5 Å². The topological polar surface area (TPSA) is 40.5 Å². The van der Waals surface area contributed by atoms with Crippen molar-refractivity contribution in [2.45, 2.75) is 25.3 Å². The molecule has 3 heteroatoms. The van der Waals surface area contributed by atoms with Crippen LogP contribution in [0, 0.1) is 0 Å². The lowest BCUT2D eigenvalue weighted by atomic mass is 10.0. The summed E-state index contributed by atoms with van der Waals surface area (Å²) in [4.78, 5) is 14.2. The predicted molar refractivity (Wildman–Crippen MR) is 79.5 cm³/mol. The van der Waals surface area contributed by atoms with Gasteiger partial charge in [0.1, 0.15) is 0 Å². The first-order valence-corrected chi connectivity index (χ1v) is 7.16. The smallest absolute Gasteiger partial charge is 0.227 e. The zero-order valence-corrected chi connectivity index (χ0v) is 11.5. The summed E-state index contributed by atoms with van der Waals surface area (Å²) in [5, 5.41) is 11.4. The lowest BCUT2D eigenvalue weighted by Gasteiger charge is -2.21. The number of rotatable bonds is 5. The molecule has 0 heterocycles. The second-order valence-corrected chi connectivity index (χ2v) is 5.40. The molecule has 0 aliphatic heterocycles. The second-order valence-electron chi connectivity index (χ2n) is 5.40. The molecule has 1 saturated carbocycles. The van der Waals surface area contributed by atoms with Crippen LogP contribution in [-0.4, -0.2) is 35.1 Å². The molecule has 3 rings (SSSR count). The highest BCUT2D eigenvalue weighted by atomic mass is 16.3. The van der Waals surface area contributed by atoms with E-state index in [4.69, 9.17) is 5.11 Å². The average Bonchev–Trinajstić information content (AvgIpc) is 3.29. The maximum absolute atomic E-state index is 12.3. The Morgan fingerprint density at radius 3 is 2.60 bits per heavy atom. The lowest BCUT2D eigenvalue weighted by Crippen LogP contribution is -2.36. The van der Waals surface area contributed by atoms with Gasteiger partial charge < -0.3 is 10.0 Å². The van der Waals surface area contributed by atoms with Crippen molar-refractivity contribution >= 4 is 16.7 Å². The quantitative estimate of drug-likeness (QED) is 0.905. The van der Waals surface area contributed by atoms with E-state index in [2.05, 4.69) is 24.3 Å². The Balaban J connectivity index is 1.76. The summed E-state index contributed by atoms with van der Waals surface area (Å²) in [6.07, 6.45) is 2.56. The van der Waals surface area contributed by atoms with Crippen molar-refractivity contribution in [2.24, 2.45) is 0 Å². The highest BCUT2D eigenvalue weighted by molar-refractivity contribution is 5.85. The molecular weight excluding hydrogens is 250 g/mol. The van der Waals surface area contributed by atoms with Crippen LogP contribution >= 0.6 is 0 Å². The number of amides is 1. The first kappa shape index (κ1) is 13.1. The highest BCUT2D eigenvalue weighted by Gasteiger charge is 2.31. The summed E-state index contributed by atoms with van der Waals surface area (Å²) in [7, 11) is 0. The van der Waals surface area contributed by atoms with Gasteiger partial charge in [-0.3, -0.25) is 4.79 Å². The summed E-state index contributed by atoms with van der Waals surface area (Å²) < 4.78 is 0. The van der Waals surface area contributed by atoms with Crippen LogP contribution < -0.4 is 0 Å². The van der Waals surface area contributed by atoms with Crippen LogP contribution in [0.3, 0.4) is 0 Å². The van der Waals surface area contributed by atoms with Crippen LogP contribution in [0.5, 0.6) is 0 Å². The van der Waals surface area contributed by atoms with Crippen LogP contribution in [0.1, 0.15) is 18.4 Å². The molecule has 0 spiro atoms. The SMILES string of the molecule is O=C(Cc1ccc2ccccc2c1)N(CCO)C1CC1. The third-order valence-electron chi connectivity index (χ3n) is 3.82. The summed E-state index contributed by atoms with van der Waals surface area (Å²) in [6, 6.07) is 14.7. The molecular formula is C17H19NO2. The molecule has 0 bridgehead atoms. The average molecular weight is 269 g/mol. The van der Waals surface area contributed by atoms with Gasteiger partial charge in [0.05, 0.1) is 13.0 Å². The number of fused-ring (bicyclic) bond motifs is 1. The zero-order chi connectivity index (χ0) is 13.9. The first-order chi connectivity index (χ1) is 9.78. The number of hydrogen-bond acceptors (Lipinski definition) is 2. The van der Waals surface area contributed by atoms with Gasteiger partial charge in [-0.2, -0.15) is 0 Å². The second kappa shape index (κ2) is 5.63.